The normalized spacial score (nSPS) is 27.3. The Balaban J connectivity index is 1.66. The first-order valence-corrected chi connectivity index (χ1v) is 9.43. The van der Waals surface area contributed by atoms with E-state index >= 15 is 0 Å². The summed E-state index contributed by atoms with van der Waals surface area (Å²) in [5.74, 6) is -0.798. The van der Waals surface area contributed by atoms with Crippen LogP contribution >= 0.6 is 11.6 Å². The van der Waals surface area contributed by atoms with Gasteiger partial charge in [0.25, 0.3) is 5.60 Å². The molecule has 0 saturated carbocycles. The van der Waals surface area contributed by atoms with Crippen molar-refractivity contribution in [1.82, 2.24) is 9.80 Å². The minimum Gasteiger partial charge on any atom is -0.368 e. The van der Waals surface area contributed by atoms with E-state index in [1.165, 1.54) is 17.0 Å². The van der Waals surface area contributed by atoms with Gasteiger partial charge < -0.3 is 20.0 Å². The highest BCUT2D eigenvalue weighted by Crippen LogP contribution is 2.58. The maximum Gasteiger partial charge on any atom is 0.331 e. The zero-order valence-corrected chi connectivity index (χ0v) is 15.8. The van der Waals surface area contributed by atoms with Crippen molar-refractivity contribution < 1.29 is 19.9 Å². The largest absolute Gasteiger partial charge is 0.368 e. The molecule has 0 aromatic heterocycles. The van der Waals surface area contributed by atoms with Gasteiger partial charge in [-0.15, -0.1) is 0 Å². The fourth-order valence-corrected chi connectivity index (χ4v) is 4.81. The van der Waals surface area contributed by atoms with Gasteiger partial charge in [0.05, 0.1) is 4.92 Å². The maximum atomic E-state index is 13.0. The van der Waals surface area contributed by atoms with E-state index in [2.05, 4.69) is 0 Å². The predicted molar refractivity (Wildman–Crippen MR) is 102 cm³/mol. The highest BCUT2D eigenvalue weighted by Gasteiger charge is 2.78. The topological polar surface area (TPSA) is 107 Å². The zero-order valence-electron chi connectivity index (χ0n) is 15.1. The lowest BCUT2D eigenvalue weighted by atomic mass is 9.89. The second-order valence-corrected chi connectivity index (χ2v) is 7.82. The average molecular weight is 414 g/mol. The molecule has 1 aliphatic carbocycles. The SMILES string of the molecule is O=C1c2ccccc2C2(O)N3CCN(Cc4ccc(Cl)cc4)C3=C([N+](=O)[O-])C12O. The summed E-state index contributed by atoms with van der Waals surface area (Å²) < 4.78 is 0. The van der Waals surface area contributed by atoms with Crippen molar-refractivity contribution in [3.8, 4) is 0 Å². The molecule has 2 aliphatic heterocycles. The van der Waals surface area contributed by atoms with Gasteiger partial charge in [-0.05, 0) is 17.7 Å². The van der Waals surface area contributed by atoms with Crippen LogP contribution in [-0.2, 0) is 12.3 Å². The van der Waals surface area contributed by atoms with Crippen LogP contribution in [0.2, 0.25) is 5.02 Å². The van der Waals surface area contributed by atoms with Gasteiger partial charge in [0.2, 0.25) is 11.5 Å². The minimum atomic E-state index is -2.67. The summed E-state index contributed by atoms with van der Waals surface area (Å²) in [5, 5.41) is 35.5. The number of halogens is 1. The predicted octanol–water partition coefficient (Wildman–Crippen LogP) is 1.69. The maximum absolute atomic E-state index is 13.0. The molecule has 2 atom stereocenters. The molecule has 29 heavy (non-hydrogen) atoms. The number of rotatable bonds is 3. The smallest absolute Gasteiger partial charge is 0.331 e. The van der Waals surface area contributed by atoms with Crippen LogP contribution < -0.4 is 0 Å². The number of hydrogen-bond acceptors (Lipinski definition) is 7. The fourth-order valence-electron chi connectivity index (χ4n) is 4.68. The number of nitrogens with zero attached hydrogens (tertiary/aromatic N) is 3. The van der Waals surface area contributed by atoms with E-state index in [0.717, 1.165) is 5.56 Å². The third-order valence-electron chi connectivity index (χ3n) is 5.94. The fraction of sp³-hybridized carbons (Fsp3) is 0.250. The van der Waals surface area contributed by atoms with Gasteiger partial charge in [-0.1, -0.05) is 48.0 Å². The Labute approximate surface area is 170 Å². The van der Waals surface area contributed by atoms with Crippen LogP contribution in [0, 0.1) is 10.1 Å². The molecule has 0 spiro atoms. The van der Waals surface area contributed by atoms with Gasteiger partial charge in [0.15, 0.2) is 5.82 Å². The number of carbonyl (C=O) groups is 1. The summed E-state index contributed by atoms with van der Waals surface area (Å²) in [6.07, 6.45) is 0. The first-order valence-electron chi connectivity index (χ1n) is 9.05. The van der Waals surface area contributed by atoms with Gasteiger partial charge >= 0.3 is 5.70 Å². The van der Waals surface area contributed by atoms with Crippen molar-refractivity contribution in [1.29, 1.82) is 0 Å². The van der Waals surface area contributed by atoms with E-state index in [-0.39, 0.29) is 23.5 Å². The summed E-state index contributed by atoms with van der Waals surface area (Å²) in [7, 11) is 0. The molecule has 0 radical (unpaired) electrons. The van der Waals surface area contributed by atoms with Crippen molar-refractivity contribution >= 4 is 17.4 Å². The second kappa shape index (κ2) is 5.79. The lowest BCUT2D eigenvalue weighted by molar-refractivity contribution is -0.445. The number of Topliss-reactive ketones (excluding diaryl/α,β-unsaturated/α-hetero) is 1. The van der Waals surface area contributed by atoms with Crippen LogP contribution in [0.4, 0.5) is 0 Å². The Morgan fingerprint density at radius 3 is 2.48 bits per heavy atom. The van der Waals surface area contributed by atoms with E-state index in [0.29, 0.717) is 18.1 Å². The van der Waals surface area contributed by atoms with E-state index in [9.17, 15) is 25.1 Å². The number of carbonyl (C=O) groups excluding carboxylic acids is 1. The number of nitro groups is 1. The molecule has 8 nitrogen and oxygen atoms in total. The molecule has 2 aromatic carbocycles. The highest BCUT2D eigenvalue weighted by molar-refractivity contribution is 6.30. The Morgan fingerprint density at radius 1 is 1.10 bits per heavy atom. The molecule has 5 rings (SSSR count). The molecular formula is C20H16ClN3O5. The standard InChI is InChI=1S/C20H16ClN3O5/c21-13-7-5-12(6-8-13)11-22-9-10-23-18(22)16(24(28)29)19(26)17(25)14-3-1-2-4-15(14)20(19,23)27/h1-8,26-27H,9-11H2. The van der Waals surface area contributed by atoms with E-state index < -0.39 is 27.7 Å². The highest BCUT2D eigenvalue weighted by atomic mass is 35.5. The lowest BCUT2D eigenvalue weighted by Crippen LogP contribution is -2.57. The molecule has 2 unspecified atom stereocenters. The number of aliphatic hydroxyl groups is 2. The van der Waals surface area contributed by atoms with Crippen LogP contribution in [-0.4, -0.2) is 49.4 Å². The van der Waals surface area contributed by atoms with Gasteiger partial charge in [-0.3, -0.25) is 14.9 Å². The molecule has 1 fully saturated rings. The van der Waals surface area contributed by atoms with Crippen molar-refractivity contribution in [3.05, 3.63) is 91.9 Å². The molecule has 0 bridgehead atoms. The third kappa shape index (κ3) is 2.08. The van der Waals surface area contributed by atoms with Gasteiger partial charge in [0.1, 0.15) is 0 Å². The van der Waals surface area contributed by atoms with Crippen molar-refractivity contribution in [2.45, 2.75) is 17.9 Å². The quantitative estimate of drug-likeness (QED) is 0.582. The molecule has 3 aliphatic rings. The van der Waals surface area contributed by atoms with Crippen LogP contribution in [0.5, 0.6) is 0 Å². The monoisotopic (exact) mass is 413 g/mol. The number of benzene rings is 2. The molecule has 1 saturated heterocycles. The molecule has 2 aromatic rings. The van der Waals surface area contributed by atoms with Gasteiger partial charge in [-0.2, -0.15) is 0 Å². The Bertz CT molecular complexity index is 1100. The van der Waals surface area contributed by atoms with Crippen molar-refractivity contribution in [3.63, 3.8) is 0 Å². The van der Waals surface area contributed by atoms with E-state index in [1.807, 2.05) is 0 Å². The summed E-state index contributed by atoms with van der Waals surface area (Å²) in [5.41, 5.74) is -4.45. The van der Waals surface area contributed by atoms with Gasteiger partial charge in [-0.25, -0.2) is 0 Å². The van der Waals surface area contributed by atoms with Crippen LogP contribution in [0.1, 0.15) is 21.5 Å². The zero-order chi connectivity index (χ0) is 20.6. The van der Waals surface area contributed by atoms with E-state index in [1.54, 1.807) is 41.3 Å². The molecule has 148 valence electrons. The summed E-state index contributed by atoms with van der Waals surface area (Å²) >= 11 is 5.92. The van der Waals surface area contributed by atoms with E-state index in [4.69, 9.17) is 11.6 Å². The van der Waals surface area contributed by atoms with Crippen LogP contribution in [0.3, 0.4) is 0 Å². The molecule has 2 N–H and O–H groups in total. The number of hydrogen-bond donors (Lipinski definition) is 2. The Kier molecular flexibility index (Phi) is 3.62. The molecular weight excluding hydrogens is 398 g/mol. The van der Waals surface area contributed by atoms with Crippen molar-refractivity contribution in [2.24, 2.45) is 0 Å². The average Bonchev–Trinajstić information content (AvgIpc) is 3.24. The number of ketones is 1. The third-order valence-corrected chi connectivity index (χ3v) is 6.20. The lowest BCUT2D eigenvalue weighted by Gasteiger charge is -2.36. The molecule has 9 heteroatoms. The molecule has 0 amide bonds. The van der Waals surface area contributed by atoms with Crippen LogP contribution in [0.25, 0.3) is 0 Å². The number of fused-ring (bicyclic) bond motifs is 5. The molecule has 2 heterocycles. The van der Waals surface area contributed by atoms with Gasteiger partial charge in [0, 0.05) is 35.8 Å². The summed E-state index contributed by atoms with van der Waals surface area (Å²) in [6, 6.07) is 13.3. The Morgan fingerprint density at radius 2 is 1.79 bits per heavy atom. The second-order valence-electron chi connectivity index (χ2n) is 7.39. The summed E-state index contributed by atoms with van der Waals surface area (Å²) in [4.78, 5) is 27.4. The Hall–Kier alpha value is -2.94. The first-order chi connectivity index (χ1) is 13.8. The van der Waals surface area contributed by atoms with Crippen molar-refractivity contribution in [2.75, 3.05) is 13.1 Å². The summed E-state index contributed by atoms with van der Waals surface area (Å²) in [6.45, 7) is 0.924. The first kappa shape index (κ1) is 18.1. The van der Waals surface area contributed by atoms with Crippen LogP contribution in [0.15, 0.2) is 60.0 Å². The minimum absolute atomic E-state index is 0.0674.